The second-order valence-electron chi connectivity index (χ2n) is 6.94. The highest BCUT2D eigenvalue weighted by molar-refractivity contribution is 5.76. The lowest BCUT2D eigenvalue weighted by Crippen LogP contribution is -2.67. The predicted molar refractivity (Wildman–Crippen MR) is 63.2 cm³/mol. The number of esters is 1. The standard InChI is InChI=1S/C14H22O3/c1-13(2,3)12-16-11(15)10-8-9-6-4-5-7-14(9,10)17-12/h9-10,12H,4-8H2,1-3H3/t9-,10+,12-,14+/m1/s1. The largest absolute Gasteiger partial charge is 0.435 e. The van der Waals surface area contributed by atoms with Gasteiger partial charge in [-0.05, 0) is 25.2 Å². The number of carbonyl (C=O) groups excluding carboxylic acids is 1. The van der Waals surface area contributed by atoms with Crippen LogP contribution in [0.3, 0.4) is 0 Å². The lowest BCUT2D eigenvalue weighted by atomic mass is 9.54. The molecule has 0 aromatic rings. The van der Waals surface area contributed by atoms with Crippen molar-refractivity contribution < 1.29 is 14.3 Å². The Morgan fingerprint density at radius 3 is 2.71 bits per heavy atom. The number of hydrogen-bond acceptors (Lipinski definition) is 3. The van der Waals surface area contributed by atoms with E-state index in [4.69, 9.17) is 9.47 Å². The van der Waals surface area contributed by atoms with Crippen LogP contribution in [0.2, 0.25) is 0 Å². The van der Waals surface area contributed by atoms with E-state index in [1.54, 1.807) is 0 Å². The SMILES string of the molecule is CC(C)(C)[C@@H]1OC(=O)[C@@H]2C[C@H]3CCCC[C@]32O1. The van der Waals surface area contributed by atoms with E-state index in [-0.39, 0.29) is 29.2 Å². The third kappa shape index (κ3) is 1.55. The summed E-state index contributed by atoms with van der Waals surface area (Å²) < 4.78 is 11.7. The van der Waals surface area contributed by atoms with Gasteiger partial charge < -0.3 is 9.47 Å². The van der Waals surface area contributed by atoms with Crippen LogP contribution in [-0.4, -0.2) is 17.9 Å². The fourth-order valence-electron chi connectivity index (χ4n) is 3.64. The molecule has 3 fully saturated rings. The van der Waals surface area contributed by atoms with Crippen molar-refractivity contribution in [2.75, 3.05) is 0 Å². The van der Waals surface area contributed by atoms with E-state index in [1.807, 2.05) is 0 Å². The average Bonchev–Trinajstić information content (AvgIpc) is 2.18. The average molecular weight is 238 g/mol. The summed E-state index contributed by atoms with van der Waals surface area (Å²) in [5.41, 5.74) is -0.293. The summed E-state index contributed by atoms with van der Waals surface area (Å²) in [7, 11) is 0. The van der Waals surface area contributed by atoms with Crippen LogP contribution in [0.4, 0.5) is 0 Å². The van der Waals surface area contributed by atoms with Crippen molar-refractivity contribution in [1.29, 1.82) is 0 Å². The Hall–Kier alpha value is -0.570. The highest BCUT2D eigenvalue weighted by atomic mass is 16.7. The zero-order valence-corrected chi connectivity index (χ0v) is 11.0. The monoisotopic (exact) mass is 238 g/mol. The number of carbonyl (C=O) groups is 1. The molecule has 2 aliphatic carbocycles. The molecule has 17 heavy (non-hydrogen) atoms. The van der Waals surface area contributed by atoms with Gasteiger partial charge in [-0.15, -0.1) is 0 Å². The lowest BCUT2D eigenvalue weighted by Gasteiger charge is -2.61. The molecule has 0 aromatic carbocycles. The minimum atomic E-state index is -0.368. The molecule has 2 saturated carbocycles. The van der Waals surface area contributed by atoms with Gasteiger partial charge in [-0.25, -0.2) is 0 Å². The second kappa shape index (κ2) is 3.47. The van der Waals surface area contributed by atoms with Gasteiger partial charge in [0.25, 0.3) is 0 Å². The molecule has 3 aliphatic rings. The minimum Gasteiger partial charge on any atom is -0.435 e. The molecule has 0 N–H and O–H groups in total. The fraction of sp³-hybridized carbons (Fsp3) is 0.929. The van der Waals surface area contributed by atoms with E-state index in [0.717, 1.165) is 12.8 Å². The second-order valence-corrected chi connectivity index (χ2v) is 6.94. The maximum Gasteiger partial charge on any atom is 0.314 e. The van der Waals surface area contributed by atoms with Crippen molar-refractivity contribution in [3.05, 3.63) is 0 Å². The predicted octanol–water partition coefficient (Wildman–Crippen LogP) is 2.88. The van der Waals surface area contributed by atoms with E-state index in [9.17, 15) is 4.79 Å². The molecule has 4 atom stereocenters. The molecule has 3 nitrogen and oxygen atoms in total. The summed E-state index contributed by atoms with van der Waals surface area (Å²) in [6.07, 6.45) is 5.36. The summed E-state index contributed by atoms with van der Waals surface area (Å²) in [4.78, 5) is 12.1. The van der Waals surface area contributed by atoms with Gasteiger partial charge in [-0.2, -0.15) is 0 Å². The summed E-state index contributed by atoms with van der Waals surface area (Å²) >= 11 is 0. The molecule has 0 radical (unpaired) electrons. The van der Waals surface area contributed by atoms with Crippen molar-refractivity contribution in [1.82, 2.24) is 0 Å². The van der Waals surface area contributed by atoms with Crippen LogP contribution >= 0.6 is 0 Å². The highest BCUT2D eigenvalue weighted by Gasteiger charge is 2.64. The maximum absolute atomic E-state index is 12.1. The molecular formula is C14H22O3. The van der Waals surface area contributed by atoms with Gasteiger partial charge in [-0.3, -0.25) is 4.79 Å². The fourth-order valence-corrected chi connectivity index (χ4v) is 3.64. The summed E-state index contributed by atoms with van der Waals surface area (Å²) in [6.45, 7) is 6.20. The lowest BCUT2D eigenvalue weighted by molar-refractivity contribution is -0.339. The Morgan fingerprint density at radius 2 is 2.06 bits per heavy atom. The van der Waals surface area contributed by atoms with Gasteiger partial charge in [-0.1, -0.05) is 33.6 Å². The molecule has 0 unspecified atom stereocenters. The quantitative estimate of drug-likeness (QED) is 0.609. The normalized spacial score (nSPS) is 45.4. The molecule has 1 aliphatic heterocycles. The molecule has 0 aromatic heterocycles. The molecule has 96 valence electrons. The van der Waals surface area contributed by atoms with E-state index >= 15 is 0 Å². The van der Waals surface area contributed by atoms with Gasteiger partial charge in [0.2, 0.25) is 6.29 Å². The van der Waals surface area contributed by atoms with Crippen LogP contribution in [0.5, 0.6) is 0 Å². The Labute approximate surface area is 103 Å². The first kappa shape index (κ1) is 11.5. The van der Waals surface area contributed by atoms with Crippen molar-refractivity contribution in [2.45, 2.75) is 64.8 Å². The molecular weight excluding hydrogens is 216 g/mol. The topological polar surface area (TPSA) is 35.5 Å². The molecule has 1 heterocycles. The minimum absolute atomic E-state index is 0.0191. The van der Waals surface area contributed by atoms with Crippen molar-refractivity contribution >= 4 is 5.97 Å². The zero-order valence-electron chi connectivity index (χ0n) is 11.0. The van der Waals surface area contributed by atoms with Gasteiger partial charge in [0.15, 0.2) is 0 Å². The molecule has 1 saturated heterocycles. The number of rotatable bonds is 0. The van der Waals surface area contributed by atoms with Crippen LogP contribution in [-0.2, 0) is 14.3 Å². The number of ether oxygens (including phenoxy) is 2. The van der Waals surface area contributed by atoms with E-state index in [0.29, 0.717) is 5.92 Å². The van der Waals surface area contributed by atoms with Crippen LogP contribution < -0.4 is 0 Å². The van der Waals surface area contributed by atoms with Crippen LogP contribution in [0.15, 0.2) is 0 Å². The Balaban J connectivity index is 1.86. The van der Waals surface area contributed by atoms with Gasteiger partial charge in [0.05, 0.1) is 11.5 Å². The third-order valence-corrected chi connectivity index (χ3v) is 4.71. The maximum atomic E-state index is 12.1. The first-order valence-corrected chi connectivity index (χ1v) is 6.82. The smallest absolute Gasteiger partial charge is 0.314 e. The van der Waals surface area contributed by atoms with Gasteiger partial charge >= 0.3 is 5.97 Å². The van der Waals surface area contributed by atoms with Crippen LogP contribution in [0.1, 0.15) is 52.9 Å². The molecule has 3 heteroatoms. The van der Waals surface area contributed by atoms with Crippen molar-refractivity contribution in [2.24, 2.45) is 17.3 Å². The number of hydrogen-bond donors (Lipinski definition) is 0. The first-order chi connectivity index (χ1) is 7.93. The van der Waals surface area contributed by atoms with Crippen LogP contribution in [0, 0.1) is 17.3 Å². The van der Waals surface area contributed by atoms with E-state index in [1.165, 1.54) is 19.3 Å². The summed E-state index contributed by atoms with van der Waals surface area (Å²) in [5, 5.41) is 0. The van der Waals surface area contributed by atoms with E-state index in [2.05, 4.69) is 20.8 Å². The van der Waals surface area contributed by atoms with Crippen molar-refractivity contribution in [3.8, 4) is 0 Å². The number of cyclic esters (lactones) is 1. The van der Waals surface area contributed by atoms with Gasteiger partial charge in [0.1, 0.15) is 0 Å². The molecule has 0 amide bonds. The third-order valence-electron chi connectivity index (χ3n) is 4.71. The Morgan fingerprint density at radius 1 is 1.29 bits per heavy atom. The Bertz CT molecular complexity index is 344. The molecule has 3 rings (SSSR count). The first-order valence-electron chi connectivity index (χ1n) is 6.82. The highest BCUT2D eigenvalue weighted by Crippen LogP contribution is 2.58. The summed E-state index contributed by atoms with van der Waals surface area (Å²) in [5.74, 6) is 0.597. The van der Waals surface area contributed by atoms with Gasteiger partial charge in [0, 0.05) is 5.41 Å². The molecule has 1 spiro atoms. The van der Waals surface area contributed by atoms with E-state index < -0.39 is 0 Å². The van der Waals surface area contributed by atoms with Crippen LogP contribution in [0.25, 0.3) is 0 Å². The van der Waals surface area contributed by atoms with Crippen molar-refractivity contribution in [3.63, 3.8) is 0 Å². The summed E-state index contributed by atoms with van der Waals surface area (Å²) in [6, 6.07) is 0. The molecule has 0 bridgehead atoms. The Kier molecular flexibility index (Phi) is 2.35. The zero-order chi connectivity index (χ0) is 12.3.